The van der Waals surface area contributed by atoms with Crippen LogP contribution in [0.25, 0.3) is 10.9 Å². The Morgan fingerprint density at radius 3 is 2.37 bits per heavy atom. The molecule has 35 heavy (non-hydrogen) atoms. The minimum atomic E-state index is 0.846. The van der Waals surface area contributed by atoms with Crippen molar-refractivity contribution >= 4 is 16.7 Å². The highest BCUT2D eigenvalue weighted by molar-refractivity contribution is 5.89. The molecule has 0 bridgehead atoms. The summed E-state index contributed by atoms with van der Waals surface area (Å²) >= 11 is 0. The molecule has 5 nitrogen and oxygen atoms in total. The van der Waals surface area contributed by atoms with E-state index in [2.05, 4.69) is 72.8 Å². The third-order valence-electron chi connectivity index (χ3n) is 7.44. The Kier molecular flexibility index (Phi) is 9.35. The second kappa shape index (κ2) is 12.9. The van der Waals surface area contributed by atoms with Crippen LogP contribution in [0.15, 0.2) is 48.5 Å². The van der Waals surface area contributed by atoms with Crippen LogP contribution in [0.5, 0.6) is 5.75 Å². The van der Waals surface area contributed by atoms with E-state index in [0.29, 0.717) is 0 Å². The molecule has 5 heteroatoms. The van der Waals surface area contributed by atoms with Crippen LogP contribution in [0.1, 0.15) is 56.3 Å². The molecule has 0 amide bonds. The molecule has 1 saturated carbocycles. The van der Waals surface area contributed by atoms with Crippen molar-refractivity contribution in [3.8, 4) is 5.75 Å². The molecule has 4 rings (SSSR count). The van der Waals surface area contributed by atoms with Gasteiger partial charge in [-0.25, -0.2) is 9.97 Å². The fourth-order valence-corrected chi connectivity index (χ4v) is 5.35. The lowest BCUT2D eigenvalue weighted by Crippen LogP contribution is -2.27. The summed E-state index contributed by atoms with van der Waals surface area (Å²) < 4.78 is 5.24. The SMILES string of the molecule is COc1ccc(CCCNCC2CCC(CCCc3nc(N(C)C)c4ccccc4n3)CC2)cc1. The van der Waals surface area contributed by atoms with Crippen molar-refractivity contribution < 1.29 is 4.74 Å². The van der Waals surface area contributed by atoms with E-state index >= 15 is 0 Å². The number of benzene rings is 2. The lowest BCUT2D eigenvalue weighted by Gasteiger charge is -2.28. The Labute approximate surface area is 211 Å². The van der Waals surface area contributed by atoms with Crippen LogP contribution in [0.2, 0.25) is 0 Å². The van der Waals surface area contributed by atoms with Crippen LogP contribution in [-0.4, -0.2) is 44.3 Å². The summed E-state index contributed by atoms with van der Waals surface area (Å²) in [7, 11) is 5.84. The summed E-state index contributed by atoms with van der Waals surface area (Å²) in [6.07, 6.45) is 11.3. The van der Waals surface area contributed by atoms with Crippen molar-refractivity contribution in [1.29, 1.82) is 0 Å². The second-order valence-electron chi connectivity index (χ2n) is 10.3. The van der Waals surface area contributed by atoms with Crippen LogP contribution in [0.3, 0.4) is 0 Å². The number of nitrogens with zero attached hydrogens (tertiary/aromatic N) is 3. The van der Waals surface area contributed by atoms with Crippen molar-refractivity contribution in [3.63, 3.8) is 0 Å². The molecule has 3 aromatic rings. The molecule has 1 fully saturated rings. The Bertz CT molecular complexity index is 1040. The first-order valence-corrected chi connectivity index (χ1v) is 13.4. The third kappa shape index (κ3) is 7.41. The van der Waals surface area contributed by atoms with Gasteiger partial charge in [-0.15, -0.1) is 0 Å². The summed E-state index contributed by atoms with van der Waals surface area (Å²) in [6.45, 7) is 2.28. The van der Waals surface area contributed by atoms with Crippen molar-refractivity contribution in [2.75, 3.05) is 39.2 Å². The van der Waals surface area contributed by atoms with Gasteiger partial charge in [0, 0.05) is 25.9 Å². The molecule has 1 aliphatic carbocycles. The summed E-state index contributed by atoms with van der Waals surface area (Å²) in [6, 6.07) is 16.8. The Balaban J connectivity index is 1.11. The number of ether oxygens (including phenoxy) is 1. The smallest absolute Gasteiger partial charge is 0.139 e. The molecular formula is C30H42N4O. The van der Waals surface area contributed by atoms with Crippen LogP contribution in [0, 0.1) is 11.8 Å². The summed E-state index contributed by atoms with van der Waals surface area (Å²) in [4.78, 5) is 11.8. The molecular weight excluding hydrogens is 432 g/mol. The molecule has 1 aromatic heterocycles. The molecule has 188 valence electrons. The van der Waals surface area contributed by atoms with E-state index in [-0.39, 0.29) is 0 Å². The Hall–Kier alpha value is -2.66. The second-order valence-corrected chi connectivity index (χ2v) is 10.3. The maximum atomic E-state index is 5.24. The summed E-state index contributed by atoms with van der Waals surface area (Å²) in [5.41, 5.74) is 2.44. The predicted molar refractivity (Wildman–Crippen MR) is 146 cm³/mol. The molecule has 0 saturated heterocycles. The highest BCUT2D eigenvalue weighted by Crippen LogP contribution is 2.32. The van der Waals surface area contributed by atoms with Crippen LogP contribution < -0.4 is 15.0 Å². The fraction of sp³-hybridized carbons (Fsp3) is 0.533. The number of anilines is 1. The van der Waals surface area contributed by atoms with E-state index in [4.69, 9.17) is 14.7 Å². The van der Waals surface area contributed by atoms with Crippen molar-refractivity contribution in [2.24, 2.45) is 11.8 Å². The molecule has 1 N–H and O–H groups in total. The van der Waals surface area contributed by atoms with E-state index in [1.807, 2.05) is 0 Å². The van der Waals surface area contributed by atoms with Crippen molar-refractivity contribution in [2.45, 2.75) is 57.8 Å². The highest BCUT2D eigenvalue weighted by atomic mass is 16.5. The molecule has 0 aliphatic heterocycles. The molecule has 0 spiro atoms. The van der Waals surface area contributed by atoms with E-state index in [0.717, 1.165) is 59.5 Å². The van der Waals surface area contributed by atoms with Gasteiger partial charge in [-0.05, 0) is 86.9 Å². The van der Waals surface area contributed by atoms with Gasteiger partial charge in [0.1, 0.15) is 17.4 Å². The number of nitrogens with one attached hydrogen (secondary N) is 1. The number of methoxy groups -OCH3 is 1. The van der Waals surface area contributed by atoms with Gasteiger partial charge in [-0.1, -0.05) is 43.5 Å². The molecule has 1 aliphatic rings. The minimum Gasteiger partial charge on any atom is -0.497 e. The Morgan fingerprint density at radius 1 is 0.886 bits per heavy atom. The third-order valence-corrected chi connectivity index (χ3v) is 7.44. The minimum absolute atomic E-state index is 0.846. The number of aromatic nitrogens is 2. The zero-order valence-corrected chi connectivity index (χ0v) is 21.8. The van der Waals surface area contributed by atoms with Crippen molar-refractivity contribution in [3.05, 3.63) is 59.9 Å². The van der Waals surface area contributed by atoms with E-state index < -0.39 is 0 Å². The van der Waals surface area contributed by atoms with E-state index in [9.17, 15) is 0 Å². The van der Waals surface area contributed by atoms with Gasteiger partial charge in [-0.3, -0.25) is 0 Å². The maximum absolute atomic E-state index is 5.24. The van der Waals surface area contributed by atoms with Gasteiger partial charge in [0.15, 0.2) is 0 Å². The lowest BCUT2D eigenvalue weighted by molar-refractivity contribution is 0.254. The monoisotopic (exact) mass is 474 g/mol. The normalized spacial score (nSPS) is 18.0. The predicted octanol–water partition coefficient (Wildman–Crippen LogP) is 6.06. The first-order valence-electron chi connectivity index (χ1n) is 13.4. The summed E-state index contributed by atoms with van der Waals surface area (Å²) in [5.74, 6) is 4.67. The van der Waals surface area contributed by atoms with E-state index in [1.165, 1.54) is 57.1 Å². The largest absolute Gasteiger partial charge is 0.497 e. The van der Waals surface area contributed by atoms with Gasteiger partial charge in [0.25, 0.3) is 0 Å². The number of hydrogen-bond donors (Lipinski definition) is 1. The van der Waals surface area contributed by atoms with Crippen molar-refractivity contribution in [1.82, 2.24) is 15.3 Å². The van der Waals surface area contributed by atoms with Gasteiger partial charge in [0.05, 0.1) is 12.6 Å². The first kappa shape index (κ1) is 25.4. The number of fused-ring (bicyclic) bond motifs is 1. The number of aryl methyl sites for hydroxylation is 2. The van der Waals surface area contributed by atoms with Gasteiger partial charge in [-0.2, -0.15) is 0 Å². The molecule has 1 heterocycles. The standard InChI is InChI=1S/C30H42N4O/c1-34(2)30-27-10-4-5-11-28(27)32-29(33-30)12-6-8-23-13-15-25(16-14-23)22-31-21-7-9-24-17-19-26(35-3)20-18-24/h4-5,10-11,17-20,23,25,31H,6-9,12-16,21-22H2,1-3H3. The topological polar surface area (TPSA) is 50.3 Å². The van der Waals surface area contributed by atoms with Gasteiger partial charge >= 0.3 is 0 Å². The van der Waals surface area contributed by atoms with Crippen LogP contribution >= 0.6 is 0 Å². The van der Waals surface area contributed by atoms with Gasteiger partial charge < -0.3 is 15.0 Å². The van der Waals surface area contributed by atoms with E-state index in [1.54, 1.807) is 7.11 Å². The average Bonchev–Trinajstić information content (AvgIpc) is 2.89. The maximum Gasteiger partial charge on any atom is 0.139 e. The lowest BCUT2D eigenvalue weighted by atomic mass is 9.80. The number of hydrogen-bond acceptors (Lipinski definition) is 5. The zero-order chi connectivity index (χ0) is 24.5. The number of rotatable bonds is 12. The molecule has 0 atom stereocenters. The highest BCUT2D eigenvalue weighted by Gasteiger charge is 2.21. The van der Waals surface area contributed by atoms with Crippen LogP contribution in [-0.2, 0) is 12.8 Å². The quantitative estimate of drug-likeness (QED) is 0.324. The first-order chi connectivity index (χ1) is 17.1. The Morgan fingerprint density at radius 2 is 1.63 bits per heavy atom. The van der Waals surface area contributed by atoms with Gasteiger partial charge in [0.2, 0.25) is 0 Å². The fourth-order valence-electron chi connectivity index (χ4n) is 5.35. The molecule has 0 radical (unpaired) electrons. The zero-order valence-electron chi connectivity index (χ0n) is 21.8. The summed E-state index contributed by atoms with van der Waals surface area (Å²) in [5, 5.41) is 4.84. The molecule has 2 aromatic carbocycles. The average molecular weight is 475 g/mol. The molecule has 0 unspecified atom stereocenters. The number of para-hydroxylation sites is 1. The van der Waals surface area contributed by atoms with Crippen LogP contribution in [0.4, 0.5) is 5.82 Å².